The van der Waals surface area contributed by atoms with Gasteiger partial charge < -0.3 is 24.8 Å². The molecule has 0 saturated heterocycles. The van der Waals surface area contributed by atoms with E-state index in [4.69, 9.17) is 23.2 Å². The van der Waals surface area contributed by atoms with E-state index >= 15 is 0 Å². The van der Waals surface area contributed by atoms with Gasteiger partial charge in [-0.1, -0.05) is 0 Å². The van der Waals surface area contributed by atoms with E-state index in [-0.39, 0.29) is 44.7 Å². The first-order chi connectivity index (χ1) is 23.7. The summed E-state index contributed by atoms with van der Waals surface area (Å²) in [6.07, 6.45) is 15.8. The Morgan fingerprint density at radius 3 is 1.62 bits per heavy atom. The van der Waals surface area contributed by atoms with Crippen molar-refractivity contribution in [1.82, 2.24) is 0 Å². The fraction of sp³-hybridized carbons (Fsp3) is 0.298. The molecule has 0 heterocycles. The van der Waals surface area contributed by atoms with E-state index < -0.39 is 21.3 Å². The second-order valence-electron chi connectivity index (χ2n) is 16.9. The summed E-state index contributed by atoms with van der Waals surface area (Å²) < 4.78 is 3.44. The van der Waals surface area contributed by atoms with Crippen LogP contribution in [-0.4, -0.2) is 3.21 Å². The molecule has 266 valence electrons. The third kappa shape index (κ3) is 6.60. The second kappa shape index (κ2) is 14.1. The van der Waals surface area contributed by atoms with Crippen LogP contribution in [0.25, 0.3) is 23.3 Å². The molecule has 1 unspecified atom stereocenters. The molecule has 0 fully saturated rings. The minimum atomic E-state index is -3.10. The summed E-state index contributed by atoms with van der Waals surface area (Å²) >= 11 is 10.6. The fourth-order valence-corrected chi connectivity index (χ4v) is 18.9. The minimum Gasteiger partial charge on any atom is -1.00 e. The SMILES string of the molecule is CCC1C=C(C(C)(C)C)C=[C]1[Zr+2](=[C](c1cccc(Cl)c1)c1cccc(Cl)c1)[CH]1c2cc3c(cc2-c2cc4c(cc21)C(C)(C)C=C4)C=CC3(C)C.[Cl-].[Cl-]. The average Bonchev–Trinajstić information content (AvgIpc) is 3.79. The number of halogens is 4. The Morgan fingerprint density at radius 1 is 0.712 bits per heavy atom. The molecule has 0 spiro atoms. The molecule has 4 aliphatic rings. The van der Waals surface area contributed by atoms with Gasteiger partial charge in [-0.05, 0) is 0 Å². The fourth-order valence-electron chi connectivity index (χ4n) is 8.79. The molecule has 0 amide bonds. The molecule has 0 nitrogen and oxygen atoms in total. The number of hydrogen-bond acceptors (Lipinski definition) is 0. The maximum absolute atomic E-state index is 6.87. The molecule has 0 N–H and O–H groups in total. The van der Waals surface area contributed by atoms with Crippen molar-refractivity contribution in [2.75, 3.05) is 0 Å². The number of hydrogen-bond donors (Lipinski definition) is 0. The molecule has 0 aromatic heterocycles. The number of rotatable bonds is 5. The van der Waals surface area contributed by atoms with E-state index in [0.29, 0.717) is 5.92 Å². The molecule has 4 aromatic rings. The molecule has 4 aliphatic carbocycles. The molecule has 0 bridgehead atoms. The zero-order valence-corrected chi connectivity index (χ0v) is 36.7. The van der Waals surface area contributed by atoms with Crippen molar-refractivity contribution in [2.45, 2.75) is 76.3 Å². The van der Waals surface area contributed by atoms with Gasteiger partial charge in [-0.15, -0.1) is 0 Å². The van der Waals surface area contributed by atoms with Crippen molar-refractivity contribution in [2.24, 2.45) is 11.3 Å². The predicted octanol–water partition coefficient (Wildman–Crippen LogP) is 7.46. The van der Waals surface area contributed by atoms with Crippen LogP contribution in [0.2, 0.25) is 10.0 Å². The standard InChI is InChI=1S/C23H21.C13H8Cl2.C11H17.2ClH.Zr/c1-22(2)7-5-14-10-18-16(12-20(14)22)9-17-13-21-15(11-19(17)18)6-8-23(21,3)4;14-12-5-1-3-10(8-12)7-11-4-2-6-13(15)9-11;1-5-9-6-7-10(8-9)11(2,3)4;;;/h5-13H,1-4H3;1-6,8-9H;7-9H,5H2,1-4H3;2*1H;/q;;;;;+2/p-2. The topological polar surface area (TPSA) is 0 Å². The van der Waals surface area contributed by atoms with Crippen LogP contribution in [0.1, 0.15) is 110 Å². The van der Waals surface area contributed by atoms with Gasteiger partial charge in [0.1, 0.15) is 0 Å². The van der Waals surface area contributed by atoms with E-state index in [1.165, 1.54) is 64.4 Å². The first kappa shape index (κ1) is 39.4. The molecule has 52 heavy (non-hydrogen) atoms. The Kier molecular flexibility index (Phi) is 10.7. The molecule has 0 saturated carbocycles. The van der Waals surface area contributed by atoms with Crippen LogP contribution in [-0.2, 0) is 32.1 Å². The number of benzene rings is 4. The van der Waals surface area contributed by atoms with Gasteiger partial charge in [0, 0.05) is 0 Å². The Balaban J connectivity index is 0.00000232. The zero-order chi connectivity index (χ0) is 35.3. The monoisotopic (exact) mass is 840 g/mol. The van der Waals surface area contributed by atoms with Gasteiger partial charge in [0.25, 0.3) is 0 Å². The molecule has 0 aliphatic heterocycles. The van der Waals surface area contributed by atoms with Gasteiger partial charge >= 0.3 is 319 Å². The summed E-state index contributed by atoms with van der Waals surface area (Å²) in [6, 6.07) is 27.5. The second-order valence-corrected chi connectivity index (χ2v) is 23.9. The summed E-state index contributed by atoms with van der Waals surface area (Å²) in [6.45, 7) is 18.9. The van der Waals surface area contributed by atoms with Crippen LogP contribution in [0.15, 0.2) is 106 Å². The smallest absolute Gasteiger partial charge is 1.00 e. The third-order valence-corrected chi connectivity index (χ3v) is 20.6. The van der Waals surface area contributed by atoms with Crippen molar-refractivity contribution in [3.05, 3.63) is 161 Å². The Labute approximate surface area is 341 Å². The van der Waals surface area contributed by atoms with Crippen molar-refractivity contribution < 1.29 is 46.1 Å². The summed E-state index contributed by atoms with van der Waals surface area (Å²) in [5.74, 6) is 0.402. The van der Waals surface area contributed by atoms with E-state index in [1.807, 2.05) is 12.1 Å². The summed E-state index contributed by atoms with van der Waals surface area (Å²) in [5, 5.41) is 1.54. The van der Waals surface area contributed by atoms with E-state index in [9.17, 15) is 0 Å². The van der Waals surface area contributed by atoms with Gasteiger partial charge in [-0.3, -0.25) is 0 Å². The maximum Gasteiger partial charge on any atom is -1.00 e. The Morgan fingerprint density at radius 2 is 1.19 bits per heavy atom. The Bertz CT molecular complexity index is 2140. The summed E-state index contributed by atoms with van der Waals surface area (Å²) in [4.78, 5) is 0. The van der Waals surface area contributed by atoms with Crippen molar-refractivity contribution >= 4 is 38.6 Å². The van der Waals surface area contributed by atoms with Crippen molar-refractivity contribution in [3.8, 4) is 11.1 Å². The first-order valence-electron chi connectivity index (χ1n) is 18.1. The summed E-state index contributed by atoms with van der Waals surface area (Å²) in [5.41, 5.74) is 15.4. The predicted molar refractivity (Wildman–Crippen MR) is 213 cm³/mol. The maximum atomic E-state index is 6.87. The van der Waals surface area contributed by atoms with Gasteiger partial charge in [-0.2, -0.15) is 0 Å². The van der Waals surface area contributed by atoms with Crippen LogP contribution >= 0.6 is 23.2 Å². The van der Waals surface area contributed by atoms with E-state index in [0.717, 1.165) is 16.5 Å². The molecule has 1 atom stereocenters. The van der Waals surface area contributed by atoms with Gasteiger partial charge in [0.15, 0.2) is 0 Å². The van der Waals surface area contributed by atoms with Crippen LogP contribution in [0.4, 0.5) is 0 Å². The van der Waals surface area contributed by atoms with Crippen molar-refractivity contribution in [3.63, 3.8) is 0 Å². The number of allylic oxidation sites excluding steroid dienone is 6. The van der Waals surface area contributed by atoms with Gasteiger partial charge in [-0.25, -0.2) is 0 Å². The van der Waals surface area contributed by atoms with Crippen LogP contribution < -0.4 is 24.8 Å². The zero-order valence-electron chi connectivity index (χ0n) is 31.3. The first-order valence-corrected chi connectivity index (χ1v) is 22.8. The number of fused-ring (bicyclic) bond motifs is 5. The van der Waals surface area contributed by atoms with Crippen molar-refractivity contribution in [1.29, 1.82) is 0 Å². The third-order valence-electron chi connectivity index (χ3n) is 11.6. The van der Waals surface area contributed by atoms with Crippen LogP contribution in [0.3, 0.4) is 0 Å². The normalized spacial score (nSPS) is 18.3. The molecular formula is C47H46Cl4Zr. The van der Waals surface area contributed by atoms with Crippen LogP contribution in [0.5, 0.6) is 0 Å². The largest absolute Gasteiger partial charge is 1.00 e. The molecule has 4 aromatic carbocycles. The molecule has 8 rings (SSSR count). The van der Waals surface area contributed by atoms with E-state index in [2.05, 4.69) is 153 Å². The van der Waals surface area contributed by atoms with Gasteiger partial charge in [0.05, 0.1) is 0 Å². The molecule has 0 radical (unpaired) electrons. The Hall–Kier alpha value is -2.25. The minimum absolute atomic E-state index is 0. The molecule has 5 heteroatoms. The van der Waals surface area contributed by atoms with Gasteiger partial charge in [0.2, 0.25) is 0 Å². The van der Waals surface area contributed by atoms with E-state index in [1.54, 1.807) is 3.28 Å². The quantitative estimate of drug-likeness (QED) is 0.196. The van der Waals surface area contributed by atoms with Crippen LogP contribution in [0, 0.1) is 11.3 Å². The average molecular weight is 844 g/mol. The summed E-state index contributed by atoms with van der Waals surface area (Å²) in [7, 11) is 0. The molecular weight excluding hydrogens is 798 g/mol.